The topological polar surface area (TPSA) is 86.3 Å². The molecule has 1 aliphatic rings. The van der Waals surface area contributed by atoms with Gasteiger partial charge in [-0.2, -0.15) is 0 Å². The number of carbonyl (C=O) groups excluding carboxylic acids is 1. The Morgan fingerprint density at radius 2 is 1.77 bits per heavy atom. The van der Waals surface area contributed by atoms with Crippen molar-refractivity contribution in [3.8, 4) is 17.1 Å². The number of hydrogen-bond donors (Lipinski definition) is 0. The first-order valence-corrected chi connectivity index (χ1v) is 12.3. The Morgan fingerprint density at radius 1 is 1.06 bits per heavy atom. The first-order valence-electron chi connectivity index (χ1n) is 11.3. The average Bonchev–Trinajstić information content (AvgIpc) is 3.50. The SMILES string of the molecule is CC1CN(C(=O)c2coc(CSc3nnc(-c4ccccc4)n3-c3ccccc3F)n2)CC(C)O1. The number of para-hydroxylation sites is 1. The molecular weight excluding hydrogens is 469 g/mol. The molecule has 8 nitrogen and oxygen atoms in total. The molecule has 35 heavy (non-hydrogen) atoms. The van der Waals surface area contributed by atoms with E-state index < -0.39 is 0 Å². The number of ether oxygens (including phenoxy) is 1. The molecule has 2 aromatic carbocycles. The van der Waals surface area contributed by atoms with Gasteiger partial charge in [0.2, 0.25) is 5.89 Å². The Bertz CT molecular complexity index is 1320. The highest BCUT2D eigenvalue weighted by molar-refractivity contribution is 7.98. The molecule has 0 bridgehead atoms. The van der Waals surface area contributed by atoms with Crippen LogP contribution in [0.4, 0.5) is 4.39 Å². The summed E-state index contributed by atoms with van der Waals surface area (Å²) in [6.45, 7) is 4.90. The lowest BCUT2D eigenvalue weighted by atomic mass is 10.2. The second-order valence-corrected chi connectivity index (χ2v) is 9.28. The highest BCUT2D eigenvalue weighted by atomic mass is 32.2. The second kappa shape index (κ2) is 10.0. The number of thioether (sulfide) groups is 1. The van der Waals surface area contributed by atoms with Crippen LogP contribution in [-0.2, 0) is 10.5 Å². The predicted molar refractivity (Wildman–Crippen MR) is 129 cm³/mol. The zero-order valence-electron chi connectivity index (χ0n) is 19.3. The number of amides is 1. The number of benzene rings is 2. The van der Waals surface area contributed by atoms with Crippen LogP contribution < -0.4 is 0 Å². The van der Waals surface area contributed by atoms with Crippen molar-refractivity contribution in [1.82, 2.24) is 24.6 Å². The van der Waals surface area contributed by atoms with Gasteiger partial charge in [0.25, 0.3) is 5.91 Å². The number of rotatable bonds is 6. The minimum Gasteiger partial charge on any atom is -0.447 e. The van der Waals surface area contributed by atoms with E-state index in [9.17, 15) is 9.18 Å². The van der Waals surface area contributed by atoms with E-state index in [1.165, 1.54) is 24.1 Å². The third-order valence-electron chi connectivity index (χ3n) is 5.56. The van der Waals surface area contributed by atoms with Crippen LogP contribution in [0, 0.1) is 5.82 Å². The molecule has 0 spiro atoms. The van der Waals surface area contributed by atoms with Crippen molar-refractivity contribution in [3.63, 3.8) is 0 Å². The molecule has 2 unspecified atom stereocenters. The molecule has 4 aromatic rings. The third kappa shape index (κ3) is 4.98. The fraction of sp³-hybridized carbons (Fsp3) is 0.280. The van der Waals surface area contributed by atoms with Crippen LogP contribution in [-0.4, -0.2) is 55.9 Å². The number of nitrogens with zero attached hydrogens (tertiary/aromatic N) is 5. The van der Waals surface area contributed by atoms with Crippen LogP contribution in [0.25, 0.3) is 17.1 Å². The van der Waals surface area contributed by atoms with Crippen LogP contribution >= 0.6 is 11.8 Å². The lowest BCUT2D eigenvalue weighted by molar-refractivity contribution is -0.0587. The number of oxazole rings is 1. The van der Waals surface area contributed by atoms with Gasteiger partial charge in [0.15, 0.2) is 16.7 Å². The summed E-state index contributed by atoms with van der Waals surface area (Å²) in [7, 11) is 0. The smallest absolute Gasteiger partial charge is 0.275 e. The van der Waals surface area contributed by atoms with E-state index >= 15 is 0 Å². The van der Waals surface area contributed by atoms with Gasteiger partial charge in [0.1, 0.15) is 12.1 Å². The van der Waals surface area contributed by atoms with E-state index in [2.05, 4.69) is 15.2 Å². The molecule has 2 atom stereocenters. The van der Waals surface area contributed by atoms with Crippen molar-refractivity contribution in [2.45, 2.75) is 37.0 Å². The lowest BCUT2D eigenvalue weighted by Crippen LogP contribution is -2.48. The third-order valence-corrected chi connectivity index (χ3v) is 6.47. The largest absolute Gasteiger partial charge is 0.447 e. The summed E-state index contributed by atoms with van der Waals surface area (Å²) in [5.74, 6) is 0.621. The van der Waals surface area contributed by atoms with E-state index in [1.807, 2.05) is 44.2 Å². The summed E-state index contributed by atoms with van der Waals surface area (Å²) < 4.78 is 27.7. The van der Waals surface area contributed by atoms with E-state index in [-0.39, 0.29) is 29.6 Å². The number of halogens is 1. The first-order chi connectivity index (χ1) is 17.0. The molecule has 1 amide bonds. The summed E-state index contributed by atoms with van der Waals surface area (Å²) in [5.41, 5.74) is 1.41. The highest BCUT2D eigenvalue weighted by Gasteiger charge is 2.28. The zero-order chi connectivity index (χ0) is 24.4. The van der Waals surface area contributed by atoms with Crippen molar-refractivity contribution >= 4 is 17.7 Å². The van der Waals surface area contributed by atoms with Gasteiger partial charge in [-0.3, -0.25) is 9.36 Å². The predicted octanol–water partition coefficient (Wildman–Crippen LogP) is 4.60. The molecule has 5 rings (SSSR count). The monoisotopic (exact) mass is 493 g/mol. The Kier molecular flexibility index (Phi) is 6.65. The van der Waals surface area contributed by atoms with Crippen LogP contribution in [0.15, 0.2) is 70.4 Å². The van der Waals surface area contributed by atoms with Crippen molar-refractivity contribution in [2.24, 2.45) is 0 Å². The Hall–Kier alpha value is -3.50. The Morgan fingerprint density at radius 3 is 2.51 bits per heavy atom. The van der Waals surface area contributed by atoms with Gasteiger partial charge in [-0.15, -0.1) is 10.2 Å². The number of morpholine rings is 1. The minimum atomic E-state index is -0.385. The molecule has 180 valence electrons. The lowest BCUT2D eigenvalue weighted by Gasteiger charge is -2.34. The quantitative estimate of drug-likeness (QED) is 0.363. The van der Waals surface area contributed by atoms with Gasteiger partial charge < -0.3 is 14.1 Å². The van der Waals surface area contributed by atoms with Crippen molar-refractivity contribution in [2.75, 3.05) is 13.1 Å². The van der Waals surface area contributed by atoms with E-state index in [1.54, 1.807) is 27.7 Å². The maximum atomic E-state index is 14.7. The fourth-order valence-electron chi connectivity index (χ4n) is 4.10. The Labute approximate surface area is 206 Å². The summed E-state index contributed by atoms with van der Waals surface area (Å²) >= 11 is 1.30. The summed E-state index contributed by atoms with van der Waals surface area (Å²) in [5, 5.41) is 9.12. The molecule has 1 aliphatic heterocycles. The molecule has 0 saturated carbocycles. The van der Waals surface area contributed by atoms with Gasteiger partial charge in [-0.1, -0.05) is 54.2 Å². The number of aromatic nitrogens is 4. The highest BCUT2D eigenvalue weighted by Crippen LogP contribution is 2.30. The van der Waals surface area contributed by atoms with Gasteiger partial charge in [0.05, 0.1) is 23.6 Å². The molecule has 1 fully saturated rings. The normalized spacial score (nSPS) is 18.1. The first kappa shape index (κ1) is 23.3. The summed E-state index contributed by atoms with van der Waals surface area (Å²) in [6.07, 6.45) is 1.31. The number of carbonyl (C=O) groups is 1. The standard InChI is InChI=1S/C25H24FN5O3S/c1-16-12-30(13-17(2)34-16)24(32)20-14-33-22(27-20)15-35-25-29-28-23(18-8-4-3-5-9-18)31(25)21-11-7-6-10-19(21)26/h3-11,14,16-17H,12-13,15H2,1-2H3. The number of hydrogen-bond acceptors (Lipinski definition) is 7. The average molecular weight is 494 g/mol. The van der Waals surface area contributed by atoms with Gasteiger partial charge >= 0.3 is 0 Å². The summed E-state index contributed by atoms with van der Waals surface area (Å²) in [6, 6.07) is 16.0. The van der Waals surface area contributed by atoms with Crippen molar-refractivity contribution in [3.05, 3.63) is 78.3 Å². The van der Waals surface area contributed by atoms with Gasteiger partial charge in [-0.05, 0) is 26.0 Å². The van der Waals surface area contributed by atoms with Crippen LogP contribution in [0.1, 0.15) is 30.2 Å². The minimum absolute atomic E-state index is 0.0341. The molecule has 2 aromatic heterocycles. The summed E-state index contributed by atoms with van der Waals surface area (Å²) in [4.78, 5) is 19.0. The maximum Gasteiger partial charge on any atom is 0.275 e. The molecule has 1 saturated heterocycles. The molecule has 0 N–H and O–H groups in total. The zero-order valence-corrected chi connectivity index (χ0v) is 20.1. The van der Waals surface area contributed by atoms with Crippen molar-refractivity contribution < 1.29 is 18.3 Å². The Balaban J connectivity index is 1.37. The van der Waals surface area contributed by atoms with Crippen LogP contribution in [0.3, 0.4) is 0 Å². The van der Waals surface area contributed by atoms with E-state index in [0.29, 0.717) is 41.4 Å². The van der Waals surface area contributed by atoms with E-state index in [4.69, 9.17) is 9.15 Å². The second-order valence-electron chi connectivity index (χ2n) is 8.34. The fourth-order valence-corrected chi connectivity index (χ4v) is 4.89. The van der Waals surface area contributed by atoms with Crippen LogP contribution in [0.5, 0.6) is 0 Å². The molecule has 3 heterocycles. The molecule has 0 aliphatic carbocycles. The van der Waals surface area contributed by atoms with Gasteiger partial charge in [0, 0.05) is 18.7 Å². The maximum absolute atomic E-state index is 14.7. The van der Waals surface area contributed by atoms with Gasteiger partial charge in [-0.25, -0.2) is 9.37 Å². The molecule has 10 heteroatoms. The molecular formula is C25H24FN5O3S. The van der Waals surface area contributed by atoms with Crippen molar-refractivity contribution in [1.29, 1.82) is 0 Å². The van der Waals surface area contributed by atoms with E-state index in [0.717, 1.165) is 5.56 Å². The molecule has 0 radical (unpaired) electrons. The van der Waals surface area contributed by atoms with Crippen LogP contribution in [0.2, 0.25) is 0 Å².